The fourth-order valence-corrected chi connectivity index (χ4v) is 5.98. The lowest BCUT2D eigenvalue weighted by atomic mass is 10.1. The topological polar surface area (TPSA) is 100 Å². The van der Waals surface area contributed by atoms with Crippen molar-refractivity contribution in [1.29, 1.82) is 0 Å². The van der Waals surface area contributed by atoms with E-state index in [1.807, 2.05) is 35.7 Å². The monoisotopic (exact) mass is 700 g/mol. The maximum Gasteiger partial charge on any atom is 0.272 e. The number of nitrogens with zero attached hydrogens (tertiary/aromatic N) is 1. The fourth-order valence-electron chi connectivity index (χ4n) is 4.06. The number of rotatable bonds is 10. The zero-order valence-corrected chi connectivity index (χ0v) is 27.0. The summed E-state index contributed by atoms with van der Waals surface area (Å²) < 4.78 is 14.4. The third-order valence-electron chi connectivity index (χ3n) is 6.36. The number of hydrogen-bond donors (Lipinski definition) is 3. The van der Waals surface area contributed by atoms with Crippen molar-refractivity contribution < 1.29 is 18.8 Å². The molecule has 11 heteroatoms. The van der Waals surface area contributed by atoms with Crippen LogP contribution in [0.2, 0.25) is 0 Å². The van der Waals surface area contributed by atoms with Crippen molar-refractivity contribution in [1.82, 2.24) is 10.3 Å². The molecule has 1 aromatic heterocycles. The Hall–Kier alpha value is -4.58. The maximum absolute atomic E-state index is 13.5. The Morgan fingerprint density at radius 3 is 2.38 bits per heavy atom. The molecule has 3 N–H and O–H groups in total. The van der Waals surface area contributed by atoms with E-state index in [0.29, 0.717) is 21.9 Å². The quantitative estimate of drug-likeness (QED) is 0.101. The van der Waals surface area contributed by atoms with Gasteiger partial charge in [-0.05, 0) is 73.2 Å². The summed E-state index contributed by atoms with van der Waals surface area (Å²) in [5, 5.41) is 10.3. The Kier molecular flexibility index (Phi) is 10.6. The predicted octanol–water partition coefficient (Wildman–Crippen LogP) is 8.24. The molecule has 0 aliphatic rings. The molecule has 0 spiro atoms. The van der Waals surface area contributed by atoms with Gasteiger partial charge < -0.3 is 16.0 Å². The highest BCUT2D eigenvalue weighted by Crippen LogP contribution is 2.29. The van der Waals surface area contributed by atoms with Crippen LogP contribution >= 0.6 is 39.0 Å². The smallest absolute Gasteiger partial charge is 0.272 e. The molecule has 3 amide bonds. The normalized spacial score (nSPS) is 11.8. The first-order chi connectivity index (χ1) is 21.7. The van der Waals surface area contributed by atoms with Gasteiger partial charge in [-0.15, -0.1) is 23.1 Å². The van der Waals surface area contributed by atoms with Crippen LogP contribution < -0.4 is 16.0 Å². The van der Waals surface area contributed by atoms with Crippen LogP contribution in [0.15, 0.2) is 124 Å². The first-order valence-corrected chi connectivity index (χ1v) is 16.2. The van der Waals surface area contributed by atoms with Crippen LogP contribution in [-0.2, 0) is 9.59 Å². The van der Waals surface area contributed by atoms with Crippen molar-refractivity contribution in [3.05, 3.63) is 136 Å². The molecule has 0 saturated carbocycles. The molecule has 1 atom stereocenters. The SMILES string of the molecule is CC(Sc1cccc(NC(=O)/C(=C/c2ccc(F)cc2)NC(=O)c2ccccc2)c1)C(=O)Nc1nc(-c2ccc(Br)cc2)cs1. The number of anilines is 2. The standard InChI is InChI=1S/C34H26BrFN4O3S2/c1-21(31(41)40-34-39-30(20-44-34)23-12-14-25(35)15-13-23)45-28-9-5-8-27(19-28)37-33(43)29(18-22-10-16-26(36)17-11-22)38-32(42)24-6-3-2-4-7-24/h2-21H,1H3,(H,37,43)(H,38,42)(H,39,40,41)/b29-18-. The third kappa shape index (κ3) is 8.98. The second-order valence-electron chi connectivity index (χ2n) is 9.71. The number of aromatic nitrogens is 1. The van der Waals surface area contributed by atoms with E-state index in [1.165, 1.54) is 53.4 Å². The number of carbonyl (C=O) groups is 3. The summed E-state index contributed by atoms with van der Waals surface area (Å²) in [4.78, 5) is 44.5. The zero-order valence-electron chi connectivity index (χ0n) is 23.8. The van der Waals surface area contributed by atoms with Crippen LogP contribution in [0.4, 0.5) is 15.2 Å². The van der Waals surface area contributed by atoms with Crippen LogP contribution in [0, 0.1) is 5.82 Å². The van der Waals surface area contributed by atoms with E-state index in [4.69, 9.17) is 0 Å². The summed E-state index contributed by atoms with van der Waals surface area (Å²) >= 11 is 6.10. The molecule has 5 rings (SSSR count). The van der Waals surface area contributed by atoms with Crippen molar-refractivity contribution in [2.45, 2.75) is 17.1 Å². The van der Waals surface area contributed by atoms with E-state index < -0.39 is 22.9 Å². The molecule has 226 valence electrons. The van der Waals surface area contributed by atoms with Gasteiger partial charge in [0.25, 0.3) is 11.8 Å². The Balaban J connectivity index is 1.25. The van der Waals surface area contributed by atoms with Crippen molar-refractivity contribution >= 4 is 73.6 Å². The molecular weight excluding hydrogens is 675 g/mol. The minimum absolute atomic E-state index is 0.0211. The average molecular weight is 702 g/mol. The van der Waals surface area contributed by atoms with E-state index in [9.17, 15) is 18.8 Å². The van der Waals surface area contributed by atoms with Gasteiger partial charge in [0.15, 0.2) is 5.13 Å². The molecule has 1 unspecified atom stereocenters. The third-order valence-corrected chi connectivity index (χ3v) is 8.74. The number of hydrogen-bond acceptors (Lipinski definition) is 6. The lowest BCUT2D eigenvalue weighted by Crippen LogP contribution is -2.30. The largest absolute Gasteiger partial charge is 0.321 e. The molecule has 7 nitrogen and oxygen atoms in total. The molecule has 45 heavy (non-hydrogen) atoms. The van der Waals surface area contributed by atoms with E-state index in [-0.39, 0.29) is 11.6 Å². The number of benzene rings is 4. The lowest BCUT2D eigenvalue weighted by Gasteiger charge is -2.13. The van der Waals surface area contributed by atoms with E-state index >= 15 is 0 Å². The molecule has 5 aromatic rings. The number of thioether (sulfide) groups is 1. The minimum atomic E-state index is -0.568. The highest BCUT2D eigenvalue weighted by molar-refractivity contribution is 9.10. The molecule has 1 heterocycles. The van der Waals surface area contributed by atoms with Crippen LogP contribution in [-0.4, -0.2) is 28.0 Å². The van der Waals surface area contributed by atoms with E-state index in [1.54, 1.807) is 55.5 Å². The van der Waals surface area contributed by atoms with Crippen molar-refractivity contribution in [2.75, 3.05) is 10.6 Å². The summed E-state index contributed by atoms with van der Waals surface area (Å²) in [5.74, 6) is -1.66. The van der Waals surface area contributed by atoms with Crippen LogP contribution in [0.5, 0.6) is 0 Å². The number of nitrogens with one attached hydrogen (secondary N) is 3. The molecule has 0 aliphatic heterocycles. The molecule has 0 saturated heterocycles. The second kappa shape index (κ2) is 14.9. The van der Waals surface area contributed by atoms with Gasteiger partial charge in [0.05, 0.1) is 10.9 Å². The molecule has 0 radical (unpaired) electrons. The molecule has 0 fully saturated rings. The second-order valence-corrected chi connectivity index (χ2v) is 12.9. The van der Waals surface area contributed by atoms with E-state index in [2.05, 4.69) is 36.9 Å². The van der Waals surface area contributed by atoms with Gasteiger partial charge in [0, 0.05) is 31.6 Å². The van der Waals surface area contributed by atoms with Gasteiger partial charge in [-0.1, -0.05) is 64.5 Å². The van der Waals surface area contributed by atoms with Crippen LogP contribution in [0.3, 0.4) is 0 Å². The predicted molar refractivity (Wildman–Crippen MR) is 183 cm³/mol. The van der Waals surface area contributed by atoms with Crippen molar-refractivity contribution in [3.8, 4) is 11.3 Å². The highest BCUT2D eigenvalue weighted by Gasteiger charge is 2.18. The maximum atomic E-state index is 13.5. The first kappa shape index (κ1) is 31.8. The van der Waals surface area contributed by atoms with E-state index in [0.717, 1.165) is 20.6 Å². The molecule has 0 bridgehead atoms. The van der Waals surface area contributed by atoms with Gasteiger partial charge >= 0.3 is 0 Å². The Morgan fingerprint density at radius 2 is 1.64 bits per heavy atom. The first-order valence-electron chi connectivity index (χ1n) is 13.7. The highest BCUT2D eigenvalue weighted by atomic mass is 79.9. The zero-order chi connectivity index (χ0) is 31.8. The number of amides is 3. The number of carbonyl (C=O) groups excluding carboxylic acids is 3. The van der Waals surface area contributed by atoms with Crippen LogP contribution in [0.1, 0.15) is 22.8 Å². The molecule has 0 aliphatic carbocycles. The van der Waals surface area contributed by atoms with Gasteiger partial charge in [0.1, 0.15) is 11.5 Å². The number of halogens is 2. The summed E-state index contributed by atoms with van der Waals surface area (Å²) in [5.41, 5.74) is 3.08. The summed E-state index contributed by atoms with van der Waals surface area (Å²) in [6, 6.07) is 28.9. The average Bonchev–Trinajstić information content (AvgIpc) is 3.51. The summed E-state index contributed by atoms with van der Waals surface area (Å²) in [6.45, 7) is 1.79. The minimum Gasteiger partial charge on any atom is -0.321 e. The van der Waals surface area contributed by atoms with Crippen molar-refractivity contribution in [2.24, 2.45) is 0 Å². The van der Waals surface area contributed by atoms with Gasteiger partial charge in [-0.3, -0.25) is 14.4 Å². The fraction of sp³-hybridized carbons (Fsp3) is 0.0588. The summed E-state index contributed by atoms with van der Waals surface area (Å²) in [7, 11) is 0. The molecular formula is C34H26BrFN4O3S2. The molecule has 4 aromatic carbocycles. The Labute approximate surface area is 276 Å². The van der Waals surface area contributed by atoms with Gasteiger partial charge in [-0.2, -0.15) is 0 Å². The Bertz CT molecular complexity index is 1850. The van der Waals surface area contributed by atoms with Crippen molar-refractivity contribution in [3.63, 3.8) is 0 Å². The number of thiazole rings is 1. The Morgan fingerprint density at radius 1 is 0.911 bits per heavy atom. The van der Waals surface area contributed by atoms with Crippen LogP contribution in [0.25, 0.3) is 17.3 Å². The summed E-state index contributed by atoms with van der Waals surface area (Å²) in [6.07, 6.45) is 1.47. The van der Waals surface area contributed by atoms with Gasteiger partial charge in [-0.25, -0.2) is 9.37 Å². The van der Waals surface area contributed by atoms with Gasteiger partial charge in [0.2, 0.25) is 5.91 Å². The lowest BCUT2D eigenvalue weighted by molar-refractivity contribution is -0.115.